The number of piperidine rings is 1. The van der Waals surface area contributed by atoms with E-state index in [1.165, 1.54) is 0 Å². The lowest BCUT2D eigenvalue weighted by Crippen LogP contribution is -2.64. The number of carbonyl (C=O) groups is 1. The molecule has 1 saturated heterocycles. The Labute approximate surface area is 170 Å². The summed E-state index contributed by atoms with van der Waals surface area (Å²) in [4.78, 5) is 13.5. The summed E-state index contributed by atoms with van der Waals surface area (Å²) < 4.78 is 30.1. The second-order valence-corrected chi connectivity index (χ2v) is 9.27. The minimum absolute atomic E-state index is 0.0921. The highest BCUT2D eigenvalue weighted by Gasteiger charge is 2.63. The second kappa shape index (κ2) is 7.10. The fourth-order valence-electron chi connectivity index (χ4n) is 4.58. The van der Waals surface area contributed by atoms with Crippen molar-refractivity contribution < 1.29 is 17.9 Å². The van der Waals surface area contributed by atoms with Crippen LogP contribution in [0.5, 0.6) is 5.75 Å². The lowest BCUT2D eigenvalue weighted by atomic mass is 9.75. The van der Waals surface area contributed by atoms with E-state index in [9.17, 15) is 13.2 Å². The van der Waals surface area contributed by atoms with Crippen LogP contribution >= 0.6 is 0 Å². The summed E-state index contributed by atoms with van der Waals surface area (Å²) >= 11 is 0. The topological polar surface area (TPSA) is 111 Å². The number of quaternary nitrogens is 1. The van der Waals surface area contributed by atoms with Crippen molar-refractivity contribution in [1.82, 2.24) is 9.21 Å². The number of ether oxygens (including phenoxy) is 1. The molecule has 2 aliphatic heterocycles. The van der Waals surface area contributed by atoms with E-state index in [0.29, 0.717) is 17.1 Å². The van der Waals surface area contributed by atoms with E-state index in [2.05, 4.69) is 10.6 Å². The molecule has 1 fully saturated rings. The van der Waals surface area contributed by atoms with Crippen molar-refractivity contribution in [1.29, 1.82) is 0 Å². The maximum Gasteiger partial charge on any atom is 0.442 e. The lowest BCUT2D eigenvalue weighted by molar-refractivity contribution is 0.225. The zero-order valence-corrected chi connectivity index (χ0v) is 17.0. The van der Waals surface area contributed by atoms with Gasteiger partial charge in [0.1, 0.15) is 12.3 Å². The van der Waals surface area contributed by atoms with Gasteiger partial charge in [0.2, 0.25) is 0 Å². The number of nitrogens with one attached hydrogen (secondary N) is 2. The standard InChI is InChI=1S/C20H24N4O4S/c1-28-16-8-6-15(7-9-16)23-19(25)24(29(21,26)27)14-20(10-12-22-13-11-20)17-4-2-3-5-18(17)24/h2-9,22H,10-14H2,1H3,(H2-,21,23,25,26,27)/p+1. The molecule has 0 bridgehead atoms. The summed E-state index contributed by atoms with van der Waals surface area (Å²) in [5.41, 5.74) is 1.38. The maximum atomic E-state index is 13.5. The molecule has 0 aromatic heterocycles. The van der Waals surface area contributed by atoms with E-state index in [-0.39, 0.29) is 6.54 Å². The van der Waals surface area contributed by atoms with Gasteiger partial charge in [-0.15, -0.1) is 0 Å². The number of benzene rings is 2. The van der Waals surface area contributed by atoms with Crippen LogP contribution in [-0.2, 0) is 15.6 Å². The minimum Gasteiger partial charge on any atom is -0.497 e. The Kier molecular flexibility index (Phi) is 4.86. The highest BCUT2D eigenvalue weighted by atomic mass is 32.2. The zero-order valence-electron chi connectivity index (χ0n) is 16.2. The first-order valence-electron chi connectivity index (χ1n) is 9.50. The molecule has 0 saturated carbocycles. The Morgan fingerprint density at radius 3 is 2.41 bits per heavy atom. The molecule has 4 N–H and O–H groups in total. The van der Waals surface area contributed by atoms with Gasteiger partial charge in [-0.1, -0.05) is 22.1 Å². The fraction of sp³-hybridized carbons (Fsp3) is 0.350. The van der Waals surface area contributed by atoms with Crippen molar-refractivity contribution in [2.75, 3.05) is 32.1 Å². The molecule has 1 unspecified atom stereocenters. The molecule has 2 heterocycles. The molecule has 29 heavy (non-hydrogen) atoms. The Hall–Kier alpha value is -2.46. The number of urea groups is 1. The largest absolute Gasteiger partial charge is 0.497 e. The predicted molar refractivity (Wildman–Crippen MR) is 112 cm³/mol. The average Bonchev–Trinajstić information content (AvgIpc) is 3.01. The van der Waals surface area contributed by atoms with Crippen LogP contribution in [0.4, 0.5) is 16.2 Å². The third-order valence-electron chi connectivity index (χ3n) is 6.05. The lowest BCUT2D eigenvalue weighted by Gasteiger charge is -2.34. The van der Waals surface area contributed by atoms with E-state index in [0.717, 1.165) is 31.5 Å². The number of amides is 2. The number of rotatable bonds is 3. The second-order valence-electron chi connectivity index (χ2n) is 7.62. The predicted octanol–water partition coefficient (Wildman–Crippen LogP) is 2.07. The van der Waals surface area contributed by atoms with Gasteiger partial charge in [-0.3, -0.25) is 5.32 Å². The van der Waals surface area contributed by atoms with Crippen molar-refractivity contribution >= 4 is 27.6 Å². The van der Waals surface area contributed by atoms with Gasteiger partial charge in [0.05, 0.1) is 12.5 Å². The molecule has 2 amide bonds. The molecule has 154 valence electrons. The molecule has 2 aromatic carbocycles. The van der Waals surface area contributed by atoms with Crippen molar-refractivity contribution in [3.05, 3.63) is 54.1 Å². The van der Waals surface area contributed by atoms with E-state index in [1.54, 1.807) is 43.5 Å². The fourth-order valence-corrected chi connectivity index (χ4v) is 5.72. The number of hydrogen-bond donors (Lipinski definition) is 3. The SMILES string of the molecule is COc1ccc(NC(=O)[N+]2(S(N)(=O)=O)CC3(CCNCC3)c3ccccc32)cc1. The Bertz CT molecular complexity index is 1030. The first-order valence-corrected chi connectivity index (χ1v) is 11.0. The summed E-state index contributed by atoms with van der Waals surface area (Å²) in [6, 6.07) is 13.3. The molecule has 2 aromatic rings. The van der Waals surface area contributed by atoms with Gasteiger partial charge in [0.15, 0.2) is 5.69 Å². The van der Waals surface area contributed by atoms with Gasteiger partial charge in [-0.05, 0) is 50.2 Å². The molecule has 8 nitrogen and oxygen atoms in total. The Morgan fingerprint density at radius 2 is 1.79 bits per heavy atom. The molecule has 0 aliphatic carbocycles. The summed E-state index contributed by atoms with van der Waals surface area (Å²) in [5.74, 6) is 0.638. The number of nitrogens with two attached hydrogens (primary N) is 1. The van der Waals surface area contributed by atoms with Crippen LogP contribution < -0.4 is 24.4 Å². The van der Waals surface area contributed by atoms with Gasteiger partial charge in [0, 0.05) is 17.3 Å². The maximum absolute atomic E-state index is 13.5. The van der Waals surface area contributed by atoms with Crippen molar-refractivity contribution in [2.45, 2.75) is 18.3 Å². The molecular weight excluding hydrogens is 392 g/mol. The number of para-hydroxylation sites is 1. The van der Waals surface area contributed by atoms with Crippen LogP contribution in [0.2, 0.25) is 0 Å². The molecule has 9 heteroatoms. The number of hydrogen-bond acceptors (Lipinski definition) is 5. The number of carbonyl (C=O) groups excluding carboxylic acids is 1. The monoisotopic (exact) mass is 417 g/mol. The van der Waals surface area contributed by atoms with Crippen LogP contribution in [0.1, 0.15) is 18.4 Å². The van der Waals surface area contributed by atoms with E-state index in [1.807, 2.05) is 12.1 Å². The number of methoxy groups -OCH3 is 1. The third kappa shape index (κ3) is 3.10. The molecule has 0 radical (unpaired) electrons. The summed E-state index contributed by atoms with van der Waals surface area (Å²) in [6.45, 7) is 1.62. The normalized spacial score (nSPS) is 22.8. The number of fused-ring (bicyclic) bond motifs is 2. The van der Waals surface area contributed by atoms with E-state index in [4.69, 9.17) is 9.88 Å². The van der Waals surface area contributed by atoms with Crippen LogP contribution in [0.3, 0.4) is 0 Å². The van der Waals surface area contributed by atoms with Crippen molar-refractivity contribution in [3.8, 4) is 5.75 Å². The van der Waals surface area contributed by atoms with Gasteiger partial charge >= 0.3 is 16.2 Å². The van der Waals surface area contributed by atoms with Gasteiger partial charge in [-0.2, -0.15) is 13.6 Å². The molecule has 2 aliphatic rings. The smallest absolute Gasteiger partial charge is 0.442 e. The van der Waals surface area contributed by atoms with Crippen LogP contribution in [0.15, 0.2) is 48.5 Å². The average molecular weight is 418 g/mol. The van der Waals surface area contributed by atoms with Gasteiger partial charge < -0.3 is 10.1 Å². The van der Waals surface area contributed by atoms with Crippen LogP contribution in [0.25, 0.3) is 0 Å². The highest BCUT2D eigenvalue weighted by molar-refractivity contribution is 7.89. The first-order chi connectivity index (χ1) is 13.8. The third-order valence-corrected chi connectivity index (χ3v) is 7.41. The molecule has 1 atom stereocenters. The molecular formula is C20H25N4O4S+. The van der Waals surface area contributed by atoms with Crippen molar-refractivity contribution in [3.63, 3.8) is 0 Å². The minimum atomic E-state index is -4.30. The molecule has 1 spiro atoms. The number of anilines is 1. The molecule has 4 rings (SSSR count). The van der Waals surface area contributed by atoms with Crippen LogP contribution in [-0.4, -0.2) is 41.2 Å². The Balaban J connectivity index is 1.80. The number of nitrogens with zero attached hydrogens (tertiary/aromatic N) is 1. The van der Waals surface area contributed by atoms with Gasteiger partial charge in [-0.25, -0.2) is 4.79 Å². The quantitative estimate of drug-likeness (QED) is 0.662. The summed E-state index contributed by atoms with van der Waals surface area (Å²) in [5, 5.41) is 11.8. The Morgan fingerprint density at radius 1 is 1.14 bits per heavy atom. The zero-order chi connectivity index (χ0) is 20.7. The van der Waals surface area contributed by atoms with Crippen molar-refractivity contribution in [2.24, 2.45) is 5.14 Å². The first kappa shape index (κ1) is 19.8. The van der Waals surface area contributed by atoms with E-state index < -0.39 is 25.5 Å². The summed E-state index contributed by atoms with van der Waals surface area (Å²) in [6.07, 6.45) is 1.49. The van der Waals surface area contributed by atoms with Crippen LogP contribution in [0, 0.1) is 0 Å². The van der Waals surface area contributed by atoms with Gasteiger partial charge in [0.25, 0.3) is 0 Å². The summed E-state index contributed by atoms with van der Waals surface area (Å²) in [7, 11) is -2.75. The van der Waals surface area contributed by atoms with E-state index >= 15 is 0 Å². The highest BCUT2D eigenvalue weighted by Crippen LogP contribution is 2.51.